The molecule has 4 nitrogen and oxygen atoms in total. The van der Waals surface area contributed by atoms with E-state index in [1.165, 1.54) is 22.5 Å². The summed E-state index contributed by atoms with van der Waals surface area (Å²) >= 11 is 0. The smallest absolute Gasteiger partial charge is 0.243 e. The van der Waals surface area contributed by atoms with Crippen molar-refractivity contribution in [3.8, 4) is 5.75 Å². The molecule has 1 aromatic carbocycles. The molecule has 2 rings (SSSR count). The number of aromatic hydroxyl groups is 1. The minimum absolute atomic E-state index is 0.0146. The second kappa shape index (κ2) is 5.28. The van der Waals surface area contributed by atoms with Crippen LogP contribution in [0.5, 0.6) is 5.75 Å². The Morgan fingerprint density at radius 3 is 2.78 bits per heavy atom. The second-order valence-corrected chi connectivity index (χ2v) is 6.88. The number of phenols is 1. The van der Waals surface area contributed by atoms with Gasteiger partial charge < -0.3 is 5.11 Å². The highest BCUT2D eigenvalue weighted by Gasteiger charge is 2.26. The fourth-order valence-corrected chi connectivity index (χ4v) is 3.80. The van der Waals surface area contributed by atoms with Gasteiger partial charge in [0, 0.05) is 13.1 Å². The van der Waals surface area contributed by atoms with Crippen molar-refractivity contribution in [3.63, 3.8) is 0 Å². The van der Waals surface area contributed by atoms with Crippen LogP contribution < -0.4 is 0 Å². The lowest BCUT2D eigenvalue weighted by Crippen LogP contribution is -2.32. The lowest BCUT2D eigenvalue weighted by Gasteiger charge is -2.20. The van der Waals surface area contributed by atoms with E-state index in [1.807, 2.05) is 0 Å². The van der Waals surface area contributed by atoms with Crippen molar-refractivity contribution in [1.82, 2.24) is 4.31 Å². The van der Waals surface area contributed by atoms with Crippen molar-refractivity contribution in [2.45, 2.75) is 31.1 Å². The average Bonchev–Trinajstić information content (AvgIpc) is 2.54. The van der Waals surface area contributed by atoms with E-state index in [9.17, 15) is 13.5 Å². The first-order valence-electron chi connectivity index (χ1n) is 6.29. The summed E-state index contributed by atoms with van der Waals surface area (Å²) in [6, 6.07) is 5.87. The second-order valence-electron chi connectivity index (χ2n) is 4.94. The van der Waals surface area contributed by atoms with Gasteiger partial charge in [0.15, 0.2) is 0 Å². The number of benzene rings is 1. The molecule has 0 aliphatic carbocycles. The Hall–Kier alpha value is -1.07. The monoisotopic (exact) mass is 269 g/mol. The van der Waals surface area contributed by atoms with Crippen LogP contribution in [0.1, 0.15) is 26.2 Å². The SMILES string of the molecule is CC1CCCN(S(=O)(=O)c2cccc(O)c2)CC1. The summed E-state index contributed by atoms with van der Waals surface area (Å²) in [5, 5.41) is 9.39. The Morgan fingerprint density at radius 1 is 1.28 bits per heavy atom. The standard InChI is InChI=1S/C13H19NO3S/c1-11-4-3-8-14(9-7-11)18(16,17)13-6-2-5-12(15)10-13/h2,5-6,10-11,15H,3-4,7-9H2,1H3. The van der Waals surface area contributed by atoms with Gasteiger partial charge in [0.1, 0.15) is 5.75 Å². The number of hydrogen-bond acceptors (Lipinski definition) is 3. The first-order valence-corrected chi connectivity index (χ1v) is 7.73. The normalized spacial score (nSPS) is 22.6. The van der Waals surface area contributed by atoms with Gasteiger partial charge in [0.05, 0.1) is 4.90 Å². The van der Waals surface area contributed by atoms with Crippen LogP contribution in [-0.2, 0) is 10.0 Å². The van der Waals surface area contributed by atoms with Crippen molar-refractivity contribution in [2.75, 3.05) is 13.1 Å². The minimum Gasteiger partial charge on any atom is -0.508 e. The third-order valence-electron chi connectivity index (χ3n) is 3.43. The van der Waals surface area contributed by atoms with E-state index in [0.717, 1.165) is 19.3 Å². The van der Waals surface area contributed by atoms with Gasteiger partial charge in [-0.15, -0.1) is 0 Å². The summed E-state index contributed by atoms with van der Waals surface area (Å²) in [6.07, 6.45) is 2.88. The van der Waals surface area contributed by atoms with E-state index in [2.05, 4.69) is 6.92 Å². The Labute approximate surface area is 108 Å². The number of hydrogen-bond donors (Lipinski definition) is 1. The topological polar surface area (TPSA) is 57.6 Å². The maximum absolute atomic E-state index is 12.4. The van der Waals surface area contributed by atoms with Gasteiger partial charge in [0.25, 0.3) is 0 Å². The Balaban J connectivity index is 2.25. The summed E-state index contributed by atoms with van der Waals surface area (Å²) in [7, 11) is -3.46. The summed E-state index contributed by atoms with van der Waals surface area (Å²) in [6.45, 7) is 3.30. The van der Waals surface area contributed by atoms with E-state index >= 15 is 0 Å². The molecule has 1 atom stereocenters. The van der Waals surface area contributed by atoms with Crippen LogP contribution in [-0.4, -0.2) is 30.9 Å². The largest absolute Gasteiger partial charge is 0.508 e. The Bertz CT molecular complexity index is 513. The molecule has 0 spiro atoms. The molecule has 1 N–H and O–H groups in total. The summed E-state index contributed by atoms with van der Waals surface area (Å²) in [5.74, 6) is 0.564. The number of sulfonamides is 1. The number of phenolic OH excluding ortho intramolecular Hbond substituents is 1. The van der Waals surface area contributed by atoms with Crippen molar-refractivity contribution in [3.05, 3.63) is 24.3 Å². The van der Waals surface area contributed by atoms with Crippen molar-refractivity contribution in [2.24, 2.45) is 5.92 Å². The van der Waals surface area contributed by atoms with Gasteiger partial charge in [-0.1, -0.05) is 13.0 Å². The Morgan fingerprint density at radius 2 is 2.06 bits per heavy atom. The fourth-order valence-electron chi connectivity index (χ4n) is 2.27. The molecule has 18 heavy (non-hydrogen) atoms. The molecule has 0 saturated carbocycles. The van der Waals surface area contributed by atoms with Gasteiger partial charge >= 0.3 is 0 Å². The fraction of sp³-hybridized carbons (Fsp3) is 0.538. The van der Waals surface area contributed by atoms with Gasteiger partial charge in [-0.3, -0.25) is 0 Å². The van der Waals surface area contributed by atoms with Crippen LogP contribution in [0.25, 0.3) is 0 Å². The Kier molecular flexibility index (Phi) is 3.92. The maximum Gasteiger partial charge on any atom is 0.243 e. The third kappa shape index (κ3) is 2.84. The lowest BCUT2D eigenvalue weighted by atomic mass is 10.0. The van der Waals surface area contributed by atoms with Crippen LogP contribution in [0.4, 0.5) is 0 Å². The van der Waals surface area contributed by atoms with Gasteiger partial charge in [-0.25, -0.2) is 8.42 Å². The zero-order chi connectivity index (χ0) is 13.2. The number of nitrogens with zero attached hydrogens (tertiary/aromatic N) is 1. The number of rotatable bonds is 2. The van der Waals surface area contributed by atoms with E-state index in [4.69, 9.17) is 0 Å². The summed E-state index contributed by atoms with van der Waals surface area (Å²) < 4.78 is 26.4. The zero-order valence-electron chi connectivity index (χ0n) is 10.5. The van der Waals surface area contributed by atoms with Gasteiger partial charge in [-0.05, 0) is 43.4 Å². The highest BCUT2D eigenvalue weighted by atomic mass is 32.2. The first-order chi connectivity index (χ1) is 8.50. The molecular weight excluding hydrogens is 250 g/mol. The van der Waals surface area contributed by atoms with Crippen molar-refractivity contribution < 1.29 is 13.5 Å². The van der Waals surface area contributed by atoms with Crippen LogP contribution in [0, 0.1) is 5.92 Å². The first kappa shape index (κ1) is 13.4. The molecular formula is C13H19NO3S. The van der Waals surface area contributed by atoms with E-state index in [1.54, 1.807) is 6.07 Å². The third-order valence-corrected chi connectivity index (χ3v) is 5.33. The summed E-state index contributed by atoms with van der Waals surface area (Å²) in [4.78, 5) is 0.178. The van der Waals surface area contributed by atoms with Crippen LogP contribution in [0.2, 0.25) is 0 Å². The summed E-state index contributed by atoms with van der Waals surface area (Å²) in [5.41, 5.74) is 0. The zero-order valence-corrected chi connectivity index (χ0v) is 11.4. The minimum atomic E-state index is -3.46. The average molecular weight is 269 g/mol. The van der Waals surface area contributed by atoms with E-state index in [-0.39, 0.29) is 10.6 Å². The lowest BCUT2D eigenvalue weighted by molar-refractivity contribution is 0.415. The van der Waals surface area contributed by atoms with Crippen LogP contribution >= 0.6 is 0 Å². The molecule has 0 amide bonds. The molecule has 1 unspecified atom stereocenters. The molecule has 0 radical (unpaired) electrons. The molecule has 1 aromatic rings. The van der Waals surface area contributed by atoms with Gasteiger partial charge in [-0.2, -0.15) is 4.31 Å². The van der Waals surface area contributed by atoms with Crippen LogP contribution in [0.3, 0.4) is 0 Å². The maximum atomic E-state index is 12.4. The molecule has 1 heterocycles. The molecule has 1 fully saturated rings. The molecule has 100 valence electrons. The molecule has 0 aromatic heterocycles. The van der Waals surface area contributed by atoms with E-state index in [0.29, 0.717) is 19.0 Å². The van der Waals surface area contributed by atoms with Crippen molar-refractivity contribution in [1.29, 1.82) is 0 Å². The quantitative estimate of drug-likeness (QED) is 0.895. The molecule has 5 heteroatoms. The van der Waals surface area contributed by atoms with Crippen LogP contribution in [0.15, 0.2) is 29.2 Å². The molecule has 0 bridgehead atoms. The predicted octanol–water partition coefficient (Wildman–Crippen LogP) is 2.20. The van der Waals surface area contributed by atoms with Gasteiger partial charge in [0.2, 0.25) is 10.0 Å². The highest BCUT2D eigenvalue weighted by molar-refractivity contribution is 7.89. The predicted molar refractivity (Wildman–Crippen MR) is 69.9 cm³/mol. The van der Waals surface area contributed by atoms with E-state index < -0.39 is 10.0 Å². The highest BCUT2D eigenvalue weighted by Crippen LogP contribution is 2.24. The molecule has 1 aliphatic heterocycles. The molecule has 1 saturated heterocycles. The molecule has 1 aliphatic rings. The van der Waals surface area contributed by atoms with Crippen molar-refractivity contribution >= 4 is 10.0 Å².